The molecule has 1 atom stereocenters. The molecule has 1 N–H and O–H groups in total. The number of hydrogen-bond donors (Lipinski definition) is 1. The Kier molecular flexibility index (Phi) is 6.80. The van der Waals surface area contributed by atoms with Crippen LogP contribution in [0.1, 0.15) is 51.9 Å². The SMILES string of the molecule is CCCN(CC1CCCCO1)C(=O)CC1CCNCC1. The summed E-state index contributed by atoms with van der Waals surface area (Å²) in [7, 11) is 0. The molecule has 2 heterocycles. The molecular weight excluding hydrogens is 252 g/mol. The van der Waals surface area contributed by atoms with Crippen LogP contribution in [0.5, 0.6) is 0 Å². The third-order valence-corrected chi connectivity index (χ3v) is 4.47. The summed E-state index contributed by atoms with van der Waals surface area (Å²) in [6.07, 6.45) is 7.85. The van der Waals surface area contributed by atoms with Gasteiger partial charge < -0.3 is 15.0 Å². The van der Waals surface area contributed by atoms with Gasteiger partial charge in [0.05, 0.1) is 6.10 Å². The van der Waals surface area contributed by atoms with E-state index < -0.39 is 0 Å². The van der Waals surface area contributed by atoms with E-state index in [0.29, 0.717) is 11.8 Å². The van der Waals surface area contributed by atoms with Gasteiger partial charge in [-0.2, -0.15) is 0 Å². The number of ether oxygens (including phenoxy) is 1. The van der Waals surface area contributed by atoms with Crippen molar-refractivity contribution in [3.8, 4) is 0 Å². The van der Waals surface area contributed by atoms with Crippen molar-refractivity contribution in [1.82, 2.24) is 10.2 Å². The zero-order valence-corrected chi connectivity index (χ0v) is 12.9. The number of carbonyl (C=O) groups excluding carboxylic acids is 1. The van der Waals surface area contributed by atoms with Crippen LogP contribution >= 0.6 is 0 Å². The Balaban J connectivity index is 1.80. The maximum Gasteiger partial charge on any atom is 0.222 e. The van der Waals surface area contributed by atoms with Gasteiger partial charge in [0.25, 0.3) is 0 Å². The van der Waals surface area contributed by atoms with Gasteiger partial charge in [-0.1, -0.05) is 6.92 Å². The summed E-state index contributed by atoms with van der Waals surface area (Å²) >= 11 is 0. The van der Waals surface area contributed by atoms with Crippen LogP contribution in [-0.2, 0) is 9.53 Å². The van der Waals surface area contributed by atoms with Gasteiger partial charge in [0.1, 0.15) is 0 Å². The van der Waals surface area contributed by atoms with Crippen LogP contribution in [-0.4, -0.2) is 49.7 Å². The molecule has 0 bridgehead atoms. The van der Waals surface area contributed by atoms with Crippen LogP contribution in [0, 0.1) is 5.92 Å². The second-order valence-corrected chi connectivity index (χ2v) is 6.23. The molecule has 2 aliphatic rings. The van der Waals surface area contributed by atoms with Gasteiger partial charge in [-0.05, 0) is 57.5 Å². The van der Waals surface area contributed by atoms with Crippen LogP contribution in [0.2, 0.25) is 0 Å². The summed E-state index contributed by atoms with van der Waals surface area (Å²) < 4.78 is 5.79. The minimum Gasteiger partial charge on any atom is -0.376 e. The van der Waals surface area contributed by atoms with E-state index in [1.165, 1.54) is 12.8 Å². The summed E-state index contributed by atoms with van der Waals surface area (Å²) in [5.74, 6) is 0.920. The van der Waals surface area contributed by atoms with E-state index in [4.69, 9.17) is 4.74 Å². The molecule has 0 radical (unpaired) electrons. The molecular formula is C16H30N2O2. The topological polar surface area (TPSA) is 41.6 Å². The zero-order valence-electron chi connectivity index (χ0n) is 12.9. The van der Waals surface area contributed by atoms with E-state index in [2.05, 4.69) is 17.1 Å². The molecule has 2 rings (SSSR count). The fourth-order valence-corrected chi connectivity index (χ4v) is 3.25. The summed E-state index contributed by atoms with van der Waals surface area (Å²) in [5.41, 5.74) is 0. The smallest absolute Gasteiger partial charge is 0.222 e. The van der Waals surface area contributed by atoms with Crippen molar-refractivity contribution >= 4 is 5.91 Å². The van der Waals surface area contributed by atoms with Crippen LogP contribution < -0.4 is 5.32 Å². The van der Waals surface area contributed by atoms with Crippen molar-refractivity contribution < 1.29 is 9.53 Å². The van der Waals surface area contributed by atoms with Crippen LogP contribution in [0.25, 0.3) is 0 Å². The lowest BCUT2D eigenvalue weighted by Crippen LogP contribution is -2.41. The highest BCUT2D eigenvalue weighted by atomic mass is 16.5. The molecule has 0 spiro atoms. The average molecular weight is 282 g/mol. The molecule has 2 fully saturated rings. The fraction of sp³-hybridized carbons (Fsp3) is 0.938. The van der Waals surface area contributed by atoms with Gasteiger partial charge >= 0.3 is 0 Å². The van der Waals surface area contributed by atoms with Crippen molar-refractivity contribution in [2.24, 2.45) is 5.92 Å². The molecule has 1 unspecified atom stereocenters. The van der Waals surface area contributed by atoms with E-state index in [-0.39, 0.29) is 6.10 Å². The monoisotopic (exact) mass is 282 g/mol. The lowest BCUT2D eigenvalue weighted by Gasteiger charge is -2.31. The Labute approximate surface area is 123 Å². The summed E-state index contributed by atoms with van der Waals surface area (Å²) in [6.45, 7) is 6.83. The first-order valence-electron chi connectivity index (χ1n) is 8.39. The number of rotatable bonds is 6. The molecule has 4 heteroatoms. The maximum atomic E-state index is 12.5. The molecule has 0 aliphatic carbocycles. The molecule has 0 saturated carbocycles. The highest BCUT2D eigenvalue weighted by Crippen LogP contribution is 2.19. The molecule has 4 nitrogen and oxygen atoms in total. The second-order valence-electron chi connectivity index (χ2n) is 6.23. The summed E-state index contributed by atoms with van der Waals surface area (Å²) in [6, 6.07) is 0. The molecule has 1 amide bonds. The Morgan fingerprint density at radius 1 is 1.25 bits per heavy atom. The summed E-state index contributed by atoms with van der Waals surface area (Å²) in [5, 5.41) is 3.36. The highest BCUT2D eigenvalue weighted by molar-refractivity contribution is 5.76. The largest absolute Gasteiger partial charge is 0.376 e. The average Bonchev–Trinajstić information content (AvgIpc) is 2.49. The van der Waals surface area contributed by atoms with E-state index in [0.717, 1.165) is 64.9 Å². The summed E-state index contributed by atoms with van der Waals surface area (Å²) in [4.78, 5) is 14.6. The number of piperidine rings is 1. The van der Waals surface area contributed by atoms with Crippen molar-refractivity contribution in [3.63, 3.8) is 0 Å². The molecule has 2 aliphatic heterocycles. The highest BCUT2D eigenvalue weighted by Gasteiger charge is 2.24. The van der Waals surface area contributed by atoms with Gasteiger partial charge in [-0.25, -0.2) is 0 Å². The quantitative estimate of drug-likeness (QED) is 0.812. The Morgan fingerprint density at radius 3 is 2.70 bits per heavy atom. The maximum absolute atomic E-state index is 12.5. The molecule has 0 aromatic heterocycles. The Hall–Kier alpha value is -0.610. The van der Waals surface area contributed by atoms with Gasteiger partial charge in [0.2, 0.25) is 5.91 Å². The van der Waals surface area contributed by atoms with Gasteiger partial charge in [0.15, 0.2) is 0 Å². The minimum absolute atomic E-state index is 0.271. The third-order valence-electron chi connectivity index (χ3n) is 4.47. The first-order chi connectivity index (χ1) is 9.79. The molecule has 0 aromatic carbocycles. The number of nitrogens with zero attached hydrogens (tertiary/aromatic N) is 1. The van der Waals surface area contributed by atoms with Crippen LogP contribution in [0.4, 0.5) is 0 Å². The minimum atomic E-state index is 0.271. The number of nitrogens with one attached hydrogen (secondary N) is 1. The van der Waals surface area contributed by atoms with E-state index in [1.54, 1.807) is 0 Å². The van der Waals surface area contributed by atoms with E-state index in [9.17, 15) is 4.79 Å². The zero-order chi connectivity index (χ0) is 14.2. The van der Waals surface area contributed by atoms with E-state index >= 15 is 0 Å². The number of hydrogen-bond acceptors (Lipinski definition) is 3. The van der Waals surface area contributed by atoms with E-state index in [1.807, 2.05) is 0 Å². The van der Waals surface area contributed by atoms with Crippen LogP contribution in [0.15, 0.2) is 0 Å². The molecule has 20 heavy (non-hydrogen) atoms. The van der Waals surface area contributed by atoms with Crippen molar-refractivity contribution in [3.05, 3.63) is 0 Å². The lowest BCUT2D eigenvalue weighted by atomic mass is 9.94. The van der Waals surface area contributed by atoms with Crippen molar-refractivity contribution in [2.75, 3.05) is 32.8 Å². The first kappa shape index (κ1) is 15.8. The first-order valence-corrected chi connectivity index (χ1v) is 8.39. The molecule has 0 aromatic rings. The predicted molar refractivity (Wildman–Crippen MR) is 80.7 cm³/mol. The van der Waals surface area contributed by atoms with Crippen LogP contribution in [0.3, 0.4) is 0 Å². The standard InChI is InChI=1S/C16H30N2O2/c1-2-10-18(13-15-5-3-4-11-20-15)16(19)12-14-6-8-17-9-7-14/h14-15,17H,2-13H2,1H3. The third kappa shape index (κ3) is 5.06. The Morgan fingerprint density at radius 2 is 2.05 bits per heavy atom. The van der Waals surface area contributed by atoms with Gasteiger partial charge in [-0.15, -0.1) is 0 Å². The second kappa shape index (κ2) is 8.63. The van der Waals surface area contributed by atoms with Crippen molar-refractivity contribution in [2.45, 2.75) is 58.0 Å². The normalized spacial score (nSPS) is 24.6. The Bertz CT molecular complexity index is 284. The number of amides is 1. The van der Waals surface area contributed by atoms with Gasteiger partial charge in [0, 0.05) is 26.1 Å². The molecule has 116 valence electrons. The van der Waals surface area contributed by atoms with Gasteiger partial charge in [-0.3, -0.25) is 4.79 Å². The predicted octanol–water partition coefficient (Wildman–Crippen LogP) is 2.18. The fourth-order valence-electron chi connectivity index (χ4n) is 3.25. The number of carbonyl (C=O) groups is 1. The lowest BCUT2D eigenvalue weighted by molar-refractivity contribution is -0.135. The molecule has 2 saturated heterocycles. The van der Waals surface area contributed by atoms with Crippen molar-refractivity contribution in [1.29, 1.82) is 0 Å².